The third-order valence-electron chi connectivity index (χ3n) is 0.922. The molecule has 2 nitrogen and oxygen atoms in total. The van der Waals surface area contributed by atoms with Gasteiger partial charge in [-0.25, -0.2) is 0 Å². The predicted octanol–water partition coefficient (Wildman–Crippen LogP) is 0.871. The summed E-state index contributed by atoms with van der Waals surface area (Å²) in [4.78, 5) is 10.7. The molecule has 2 heteroatoms. The summed E-state index contributed by atoms with van der Waals surface area (Å²) in [6.07, 6.45) is 0.962. The standard InChI is InChI=1S/C7H13NO/c1-6(2)5-7(9)3-4-8/h1,3-5,8H2,2H3. The lowest BCUT2D eigenvalue weighted by molar-refractivity contribution is -0.118. The Morgan fingerprint density at radius 2 is 2.22 bits per heavy atom. The van der Waals surface area contributed by atoms with E-state index in [0.717, 1.165) is 5.57 Å². The van der Waals surface area contributed by atoms with Crippen molar-refractivity contribution in [2.75, 3.05) is 6.54 Å². The van der Waals surface area contributed by atoms with Crippen molar-refractivity contribution in [3.05, 3.63) is 12.2 Å². The highest BCUT2D eigenvalue weighted by molar-refractivity contribution is 5.80. The first-order chi connectivity index (χ1) is 4.16. The molecule has 0 heterocycles. The maximum atomic E-state index is 10.7. The molecule has 0 rings (SSSR count). The second-order valence-corrected chi connectivity index (χ2v) is 2.21. The minimum atomic E-state index is 0.185. The highest BCUT2D eigenvalue weighted by atomic mass is 16.1. The van der Waals surface area contributed by atoms with Gasteiger partial charge in [0.25, 0.3) is 0 Å². The van der Waals surface area contributed by atoms with Gasteiger partial charge in [0.2, 0.25) is 0 Å². The van der Waals surface area contributed by atoms with Crippen molar-refractivity contribution in [3.63, 3.8) is 0 Å². The van der Waals surface area contributed by atoms with Gasteiger partial charge in [-0.2, -0.15) is 0 Å². The van der Waals surface area contributed by atoms with E-state index in [2.05, 4.69) is 6.58 Å². The molecule has 52 valence electrons. The zero-order valence-electron chi connectivity index (χ0n) is 5.81. The fraction of sp³-hybridized carbons (Fsp3) is 0.571. The Hall–Kier alpha value is -0.630. The molecule has 0 aliphatic rings. The van der Waals surface area contributed by atoms with Crippen LogP contribution >= 0.6 is 0 Å². The van der Waals surface area contributed by atoms with Gasteiger partial charge in [0, 0.05) is 12.8 Å². The summed E-state index contributed by atoms with van der Waals surface area (Å²) < 4.78 is 0. The Bertz CT molecular complexity index is 118. The summed E-state index contributed by atoms with van der Waals surface area (Å²) in [5.74, 6) is 0.185. The van der Waals surface area contributed by atoms with Crippen LogP contribution in [0.1, 0.15) is 19.8 Å². The zero-order valence-corrected chi connectivity index (χ0v) is 5.81. The molecule has 0 radical (unpaired) electrons. The molecule has 0 aromatic rings. The Balaban J connectivity index is 3.39. The average molecular weight is 127 g/mol. The smallest absolute Gasteiger partial charge is 0.138 e. The molecule has 0 saturated carbocycles. The molecule has 0 aliphatic heterocycles. The van der Waals surface area contributed by atoms with Crippen molar-refractivity contribution in [3.8, 4) is 0 Å². The number of allylic oxidation sites excluding steroid dienone is 1. The Morgan fingerprint density at radius 3 is 2.56 bits per heavy atom. The second-order valence-electron chi connectivity index (χ2n) is 2.21. The van der Waals surface area contributed by atoms with Gasteiger partial charge in [-0.05, 0) is 13.5 Å². The lowest BCUT2D eigenvalue weighted by atomic mass is 10.1. The summed E-state index contributed by atoms with van der Waals surface area (Å²) in [5.41, 5.74) is 6.07. The first-order valence-corrected chi connectivity index (χ1v) is 3.03. The van der Waals surface area contributed by atoms with E-state index in [9.17, 15) is 4.79 Å². The topological polar surface area (TPSA) is 43.1 Å². The predicted molar refractivity (Wildman–Crippen MR) is 38.1 cm³/mol. The Morgan fingerprint density at radius 1 is 1.67 bits per heavy atom. The third kappa shape index (κ3) is 5.24. The molecule has 0 aliphatic carbocycles. The molecule has 0 spiro atoms. The van der Waals surface area contributed by atoms with Crippen LogP contribution < -0.4 is 5.73 Å². The number of ketones is 1. The molecule has 0 atom stereocenters. The number of nitrogens with two attached hydrogens (primary N) is 1. The van der Waals surface area contributed by atoms with Crippen LogP contribution in [0.3, 0.4) is 0 Å². The van der Waals surface area contributed by atoms with Crippen molar-refractivity contribution in [1.82, 2.24) is 0 Å². The summed E-state index contributed by atoms with van der Waals surface area (Å²) in [5, 5.41) is 0. The van der Waals surface area contributed by atoms with Crippen LogP contribution in [0.25, 0.3) is 0 Å². The van der Waals surface area contributed by atoms with Crippen LogP contribution in [0.15, 0.2) is 12.2 Å². The summed E-state index contributed by atoms with van der Waals surface area (Å²) in [7, 11) is 0. The molecular formula is C7H13NO. The van der Waals surface area contributed by atoms with Gasteiger partial charge in [-0.1, -0.05) is 12.2 Å². The van der Waals surface area contributed by atoms with E-state index >= 15 is 0 Å². The highest BCUT2D eigenvalue weighted by Gasteiger charge is 1.98. The lowest BCUT2D eigenvalue weighted by Crippen LogP contribution is -2.07. The Labute approximate surface area is 55.7 Å². The van der Waals surface area contributed by atoms with Crippen LogP contribution in [0, 0.1) is 0 Å². The van der Waals surface area contributed by atoms with E-state index in [0.29, 0.717) is 19.4 Å². The van der Waals surface area contributed by atoms with Crippen molar-refractivity contribution in [2.24, 2.45) is 5.73 Å². The molecule has 0 unspecified atom stereocenters. The molecule has 2 N–H and O–H groups in total. The quantitative estimate of drug-likeness (QED) is 0.569. The minimum Gasteiger partial charge on any atom is -0.330 e. The van der Waals surface area contributed by atoms with Crippen molar-refractivity contribution >= 4 is 5.78 Å². The monoisotopic (exact) mass is 127 g/mol. The van der Waals surface area contributed by atoms with Crippen molar-refractivity contribution in [1.29, 1.82) is 0 Å². The molecule has 0 amide bonds. The van der Waals surface area contributed by atoms with E-state index in [4.69, 9.17) is 5.73 Å². The van der Waals surface area contributed by atoms with E-state index in [1.54, 1.807) is 0 Å². The molecule has 9 heavy (non-hydrogen) atoms. The summed E-state index contributed by atoms with van der Waals surface area (Å²) in [6, 6.07) is 0. The van der Waals surface area contributed by atoms with E-state index < -0.39 is 0 Å². The number of carbonyl (C=O) groups excluding carboxylic acids is 1. The maximum absolute atomic E-state index is 10.7. The van der Waals surface area contributed by atoms with E-state index in [-0.39, 0.29) is 5.78 Å². The molecule has 0 saturated heterocycles. The van der Waals surface area contributed by atoms with Gasteiger partial charge in [0.05, 0.1) is 0 Å². The van der Waals surface area contributed by atoms with Gasteiger partial charge in [-0.3, -0.25) is 4.79 Å². The number of hydrogen-bond acceptors (Lipinski definition) is 2. The highest BCUT2D eigenvalue weighted by Crippen LogP contribution is 1.97. The lowest BCUT2D eigenvalue weighted by Gasteiger charge is -1.95. The number of hydrogen-bond donors (Lipinski definition) is 1. The van der Waals surface area contributed by atoms with Gasteiger partial charge in [0.1, 0.15) is 5.78 Å². The molecule has 0 bridgehead atoms. The first kappa shape index (κ1) is 8.37. The molecular weight excluding hydrogens is 114 g/mol. The summed E-state index contributed by atoms with van der Waals surface area (Å²) >= 11 is 0. The van der Waals surface area contributed by atoms with Crippen LogP contribution in [-0.2, 0) is 4.79 Å². The SMILES string of the molecule is C=C(C)CC(=O)CCN. The van der Waals surface area contributed by atoms with Crippen molar-refractivity contribution < 1.29 is 4.79 Å². The fourth-order valence-electron chi connectivity index (χ4n) is 0.586. The van der Waals surface area contributed by atoms with Gasteiger partial charge in [-0.15, -0.1) is 0 Å². The average Bonchev–Trinajstić information content (AvgIpc) is 1.63. The van der Waals surface area contributed by atoms with Crippen molar-refractivity contribution in [2.45, 2.75) is 19.8 Å². The number of rotatable bonds is 4. The molecule has 0 fully saturated rings. The van der Waals surface area contributed by atoms with Crippen LogP contribution in [0.4, 0.5) is 0 Å². The second kappa shape index (κ2) is 4.27. The largest absolute Gasteiger partial charge is 0.330 e. The maximum Gasteiger partial charge on any atom is 0.138 e. The first-order valence-electron chi connectivity index (χ1n) is 3.03. The van der Waals surface area contributed by atoms with E-state index in [1.165, 1.54) is 0 Å². The van der Waals surface area contributed by atoms with Gasteiger partial charge < -0.3 is 5.73 Å². The minimum absolute atomic E-state index is 0.185. The number of Topliss-reactive ketones (excluding diaryl/α,β-unsaturated/α-hetero) is 1. The fourth-order valence-corrected chi connectivity index (χ4v) is 0.586. The van der Waals surface area contributed by atoms with Crippen LogP contribution in [0.2, 0.25) is 0 Å². The Kier molecular flexibility index (Phi) is 3.97. The van der Waals surface area contributed by atoms with Crippen LogP contribution in [-0.4, -0.2) is 12.3 Å². The normalized spacial score (nSPS) is 9.11. The molecule has 0 aromatic heterocycles. The van der Waals surface area contributed by atoms with Gasteiger partial charge in [0.15, 0.2) is 0 Å². The third-order valence-corrected chi connectivity index (χ3v) is 0.922. The van der Waals surface area contributed by atoms with E-state index in [1.807, 2.05) is 6.92 Å². The zero-order chi connectivity index (χ0) is 7.28. The number of carbonyl (C=O) groups is 1. The van der Waals surface area contributed by atoms with Crippen LogP contribution in [0.5, 0.6) is 0 Å². The van der Waals surface area contributed by atoms with Gasteiger partial charge >= 0.3 is 0 Å². The summed E-state index contributed by atoms with van der Waals surface area (Å²) in [6.45, 7) is 5.91. The molecule has 0 aromatic carbocycles.